The second-order valence-electron chi connectivity index (χ2n) is 7.07. The van der Waals surface area contributed by atoms with Crippen molar-refractivity contribution in [3.63, 3.8) is 0 Å². The average Bonchev–Trinajstić information content (AvgIpc) is 3.20. The molecule has 1 heterocycles. The second-order valence-corrected chi connectivity index (χ2v) is 8.37. The Morgan fingerprint density at radius 1 is 1.31 bits per heavy atom. The minimum atomic E-state index is -0.605. The van der Waals surface area contributed by atoms with Crippen LogP contribution in [0.1, 0.15) is 32.6 Å². The first-order valence-corrected chi connectivity index (χ1v) is 10.6. The Morgan fingerprint density at radius 3 is 2.76 bits per heavy atom. The zero-order valence-electron chi connectivity index (χ0n) is 16.6. The topological polar surface area (TPSA) is 102 Å². The molecule has 3 amide bonds. The molecule has 1 saturated carbocycles. The molecule has 0 unspecified atom stereocenters. The number of hydrogen-bond acceptors (Lipinski definition) is 6. The number of thioether (sulfide) groups is 1. The van der Waals surface area contributed by atoms with Gasteiger partial charge in [0, 0.05) is 13.2 Å². The van der Waals surface area contributed by atoms with Crippen molar-refractivity contribution in [3.8, 4) is 0 Å². The number of carbonyl (C=O) groups is 2. The highest BCUT2D eigenvalue weighted by atomic mass is 32.2. The van der Waals surface area contributed by atoms with E-state index in [1.807, 2.05) is 6.07 Å². The van der Waals surface area contributed by atoms with Crippen LogP contribution in [-0.4, -0.2) is 46.5 Å². The Hall–Kier alpha value is -2.39. The van der Waals surface area contributed by atoms with E-state index < -0.39 is 17.2 Å². The van der Waals surface area contributed by atoms with Gasteiger partial charge in [-0.05, 0) is 31.9 Å². The molecule has 1 atom stereocenters. The molecule has 0 bridgehead atoms. The van der Waals surface area contributed by atoms with Crippen LogP contribution < -0.4 is 16.2 Å². The summed E-state index contributed by atoms with van der Waals surface area (Å²) in [6.07, 6.45) is 4.08. The van der Waals surface area contributed by atoms with E-state index in [-0.39, 0.29) is 11.6 Å². The minimum absolute atomic E-state index is 0.132. The number of fused-ring (bicyclic) bond motifs is 1. The van der Waals surface area contributed by atoms with E-state index in [0.717, 1.165) is 37.4 Å². The van der Waals surface area contributed by atoms with Gasteiger partial charge >= 0.3 is 6.03 Å². The summed E-state index contributed by atoms with van der Waals surface area (Å²) in [5, 5.41) is 5.56. The van der Waals surface area contributed by atoms with Crippen LogP contribution >= 0.6 is 11.8 Å². The molecule has 0 aliphatic heterocycles. The quantitative estimate of drug-likeness (QED) is 0.528. The van der Waals surface area contributed by atoms with E-state index in [2.05, 4.69) is 15.6 Å². The maximum atomic E-state index is 12.9. The molecule has 1 aliphatic carbocycles. The number of para-hydroxylation sites is 1. The summed E-state index contributed by atoms with van der Waals surface area (Å²) in [4.78, 5) is 42.0. The van der Waals surface area contributed by atoms with E-state index in [4.69, 9.17) is 4.74 Å². The van der Waals surface area contributed by atoms with E-state index in [9.17, 15) is 14.4 Å². The first-order valence-electron chi connectivity index (χ1n) is 9.76. The van der Waals surface area contributed by atoms with E-state index in [1.54, 1.807) is 32.2 Å². The monoisotopic (exact) mass is 418 g/mol. The molecular formula is C20H26N4O4S. The lowest BCUT2D eigenvalue weighted by Crippen LogP contribution is -2.46. The summed E-state index contributed by atoms with van der Waals surface area (Å²) in [5.41, 5.74) is 0.391. The Balaban J connectivity index is 1.74. The van der Waals surface area contributed by atoms with Gasteiger partial charge in [0.2, 0.25) is 5.91 Å². The number of hydrogen-bond donors (Lipinski definition) is 2. The highest BCUT2D eigenvalue weighted by Crippen LogP contribution is 2.23. The van der Waals surface area contributed by atoms with Gasteiger partial charge < -0.3 is 10.1 Å². The van der Waals surface area contributed by atoms with Gasteiger partial charge in [0.25, 0.3) is 5.56 Å². The van der Waals surface area contributed by atoms with Crippen LogP contribution in [0.15, 0.2) is 34.2 Å². The standard InChI is InChI=1S/C20H26N4O4S/c1-13(17(25)23-19(27)21-14-7-3-4-8-14)29-20-22-16-10-6-5-9-15(16)18(26)24(20)11-12-28-2/h5-6,9-10,13-14H,3-4,7-8,11-12H2,1-2H3,(H2,21,23,25,27)/t13-/m0/s1. The normalized spacial score (nSPS) is 15.4. The minimum Gasteiger partial charge on any atom is -0.383 e. The van der Waals surface area contributed by atoms with Crippen LogP contribution in [0.2, 0.25) is 0 Å². The van der Waals surface area contributed by atoms with Crippen molar-refractivity contribution >= 4 is 34.6 Å². The van der Waals surface area contributed by atoms with Crippen molar-refractivity contribution in [2.24, 2.45) is 0 Å². The van der Waals surface area contributed by atoms with Gasteiger partial charge in [-0.3, -0.25) is 19.5 Å². The molecular weight excluding hydrogens is 392 g/mol. The molecule has 0 saturated heterocycles. The summed E-state index contributed by atoms with van der Waals surface area (Å²) in [6, 6.07) is 6.75. The molecule has 8 nitrogen and oxygen atoms in total. The Labute approximate surface area is 173 Å². The fourth-order valence-corrected chi connectivity index (χ4v) is 4.27. The van der Waals surface area contributed by atoms with Crippen LogP contribution in [0.25, 0.3) is 10.9 Å². The van der Waals surface area contributed by atoms with Gasteiger partial charge in [-0.15, -0.1) is 0 Å². The van der Waals surface area contributed by atoms with Crippen molar-refractivity contribution < 1.29 is 14.3 Å². The molecule has 29 heavy (non-hydrogen) atoms. The van der Waals surface area contributed by atoms with Gasteiger partial charge in [-0.2, -0.15) is 0 Å². The lowest BCUT2D eigenvalue weighted by Gasteiger charge is -2.17. The van der Waals surface area contributed by atoms with Crippen LogP contribution in [0.3, 0.4) is 0 Å². The maximum absolute atomic E-state index is 12.9. The van der Waals surface area contributed by atoms with Crippen LogP contribution in [0.5, 0.6) is 0 Å². The van der Waals surface area contributed by atoms with Crippen molar-refractivity contribution in [3.05, 3.63) is 34.6 Å². The number of nitrogens with zero attached hydrogens (tertiary/aromatic N) is 2. The summed E-state index contributed by atoms with van der Waals surface area (Å²) in [6.45, 7) is 2.36. The average molecular weight is 419 g/mol. The molecule has 2 aromatic rings. The van der Waals surface area contributed by atoms with E-state index in [1.165, 1.54) is 4.57 Å². The third-order valence-electron chi connectivity index (χ3n) is 4.92. The summed E-state index contributed by atoms with van der Waals surface area (Å²) in [7, 11) is 1.56. The second kappa shape index (κ2) is 9.89. The molecule has 1 fully saturated rings. The molecule has 1 aliphatic rings. The zero-order chi connectivity index (χ0) is 20.8. The fraction of sp³-hybridized carbons (Fsp3) is 0.500. The maximum Gasteiger partial charge on any atom is 0.321 e. The van der Waals surface area contributed by atoms with Gasteiger partial charge in [-0.25, -0.2) is 9.78 Å². The van der Waals surface area contributed by atoms with E-state index in [0.29, 0.717) is 29.2 Å². The molecule has 3 rings (SSSR count). The molecule has 2 N–H and O–H groups in total. The molecule has 156 valence electrons. The van der Waals surface area contributed by atoms with Crippen LogP contribution in [0.4, 0.5) is 4.79 Å². The number of aromatic nitrogens is 2. The first-order chi connectivity index (χ1) is 14.0. The Bertz CT molecular complexity index is 940. The van der Waals surface area contributed by atoms with E-state index >= 15 is 0 Å². The smallest absolute Gasteiger partial charge is 0.321 e. The SMILES string of the molecule is COCCn1c(S[C@@H](C)C(=O)NC(=O)NC2CCCC2)nc2ccccc2c1=O. The van der Waals surface area contributed by atoms with Gasteiger partial charge in [0.15, 0.2) is 5.16 Å². The van der Waals surface area contributed by atoms with Crippen molar-refractivity contribution in [1.29, 1.82) is 0 Å². The third kappa shape index (κ3) is 5.36. The lowest BCUT2D eigenvalue weighted by molar-refractivity contribution is -0.119. The highest BCUT2D eigenvalue weighted by Gasteiger charge is 2.23. The van der Waals surface area contributed by atoms with Gasteiger partial charge in [-0.1, -0.05) is 36.7 Å². The predicted octanol–water partition coefficient (Wildman–Crippen LogP) is 2.29. The number of methoxy groups -OCH3 is 1. The summed E-state index contributed by atoms with van der Waals surface area (Å²) >= 11 is 1.15. The number of ether oxygens (including phenoxy) is 1. The van der Waals surface area contributed by atoms with Crippen molar-refractivity contribution in [1.82, 2.24) is 20.2 Å². The number of carbonyl (C=O) groups excluding carboxylic acids is 2. The van der Waals surface area contributed by atoms with Gasteiger partial charge in [0.1, 0.15) is 0 Å². The lowest BCUT2D eigenvalue weighted by atomic mass is 10.2. The predicted molar refractivity (Wildman–Crippen MR) is 112 cm³/mol. The highest BCUT2D eigenvalue weighted by molar-refractivity contribution is 8.00. The largest absolute Gasteiger partial charge is 0.383 e. The van der Waals surface area contributed by atoms with Crippen molar-refractivity contribution in [2.45, 2.75) is 55.6 Å². The molecule has 1 aromatic heterocycles. The molecule has 1 aromatic carbocycles. The van der Waals surface area contributed by atoms with Gasteiger partial charge in [0.05, 0.1) is 29.3 Å². The number of amides is 3. The van der Waals surface area contributed by atoms with Crippen molar-refractivity contribution in [2.75, 3.05) is 13.7 Å². The molecule has 9 heteroatoms. The number of nitrogens with one attached hydrogen (secondary N) is 2. The zero-order valence-corrected chi connectivity index (χ0v) is 17.5. The first kappa shape index (κ1) is 21.3. The Morgan fingerprint density at radius 2 is 2.03 bits per heavy atom. The number of urea groups is 1. The van der Waals surface area contributed by atoms with Crippen LogP contribution in [0, 0.1) is 0 Å². The summed E-state index contributed by atoms with van der Waals surface area (Å²) in [5.74, 6) is -0.425. The Kier molecular flexibility index (Phi) is 7.27. The fourth-order valence-electron chi connectivity index (χ4n) is 3.33. The molecule has 0 radical (unpaired) electrons. The molecule has 0 spiro atoms. The third-order valence-corrected chi connectivity index (χ3v) is 6.01. The summed E-state index contributed by atoms with van der Waals surface area (Å²) < 4.78 is 6.62. The van der Waals surface area contributed by atoms with Crippen LogP contribution in [-0.2, 0) is 16.1 Å². The number of rotatable bonds is 7. The number of benzene rings is 1. The number of imide groups is 1.